The molecule has 6 nitrogen and oxygen atoms in total. The van der Waals surface area contributed by atoms with Gasteiger partial charge in [-0.05, 0) is 6.92 Å². The van der Waals surface area contributed by atoms with Gasteiger partial charge in [-0.1, -0.05) is 17.9 Å². The minimum atomic E-state index is -1.19. The highest BCUT2D eigenvalue weighted by atomic mass is 32.1. The molecule has 0 saturated carbocycles. The van der Waals surface area contributed by atoms with Crippen LogP contribution in [0.5, 0.6) is 0 Å². The van der Waals surface area contributed by atoms with Crippen LogP contribution in [-0.4, -0.2) is 27.2 Å². The number of carboxylic acid groups (broad SMARTS) is 1. The quantitative estimate of drug-likeness (QED) is 0.740. The number of nitrogens with one attached hydrogen (secondary N) is 1. The van der Waals surface area contributed by atoms with Crippen molar-refractivity contribution in [3.05, 3.63) is 17.7 Å². The van der Waals surface area contributed by atoms with Gasteiger partial charge in [0.2, 0.25) is 11.0 Å². The van der Waals surface area contributed by atoms with Crippen LogP contribution < -0.4 is 5.32 Å². The van der Waals surface area contributed by atoms with Gasteiger partial charge in [0.1, 0.15) is 5.51 Å². The predicted molar refractivity (Wildman–Crippen MR) is 54.5 cm³/mol. The lowest BCUT2D eigenvalue weighted by Gasteiger charge is -2.09. The molecule has 7 heteroatoms. The van der Waals surface area contributed by atoms with Crippen LogP contribution >= 0.6 is 11.3 Å². The topological polar surface area (TPSA) is 92.2 Å². The molecule has 80 valence electrons. The average molecular weight is 227 g/mol. The Morgan fingerprint density at radius 2 is 2.33 bits per heavy atom. The van der Waals surface area contributed by atoms with Crippen LogP contribution in [0.15, 0.2) is 17.7 Å². The van der Waals surface area contributed by atoms with E-state index in [4.69, 9.17) is 5.11 Å². The molecule has 0 radical (unpaired) electrons. The van der Waals surface area contributed by atoms with Gasteiger partial charge in [0.05, 0.1) is 5.92 Å². The third kappa shape index (κ3) is 2.84. The Hall–Kier alpha value is -1.76. The van der Waals surface area contributed by atoms with Gasteiger partial charge >= 0.3 is 5.97 Å². The number of hydrogen-bond acceptors (Lipinski definition) is 5. The Bertz CT molecular complexity index is 388. The summed E-state index contributed by atoms with van der Waals surface area (Å²) in [6, 6.07) is 0. The summed E-state index contributed by atoms with van der Waals surface area (Å²) >= 11 is 1.16. The van der Waals surface area contributed by atoms with Crippen LogP contribution in [-0.2, 0) is 9.59 Å². The first-order valence-electron chi connectivity index (χ1n) is 4.01. The highest BCUT2D eigenvalue weighted by Gasteiger charge is 2.21. The lowest BCUT2D eigenvalue weighted by molar-refractivity contribution is -0.134. The standard InChI is InChI=1S/C8H9N3O3S/c1-4(5(2)7(13)14)6(12)10-8-11-9-3-15-8/h3-4H,2H2,1H3,(H,13,14)(H,10,11,12). The molecule has 0 aliphatic heterocycles. The number of nitrogens with zero attached hydrogens (tertiary/aromatic N) is 2. The fraction of sp³-hybridized carbons (Fsp3) is 0.250. The molecule has 2 N–H and O–H groups in total. The second kappa shape index (κ2) is 4.65. The lowest BCUT2D eigenvalue weighted by atomic mass is 10.0. The van der Waals surface area contributed by atoms with Crippen LogP contribution in [0.1, 0.15) is 6.92 Å². The molecule has 0 bridgehead atoms. The van der Waals surface area contributed by atoms with E-state index >= 15 is 0 Å². The van der Waals surface area contributed by atoms with Crippen molar-refractivity contribution in [1.29, 1.82) is 0 Å². The maximum absolute atomic E-state index is 11.5. The van der Waals surface area contributed by atoms with Crippen molar-refractivity contribution in [3.63, 3.8) is 0 Å². The Labute approximate surface area is 89.6 Å². The van der Waals surface area contributed by atoms with Crippen LogP contribution in [0.4, 0.5) is 5.13 Å². The molecular formula is C8H9N3O3S. The van der Waals surface area contributed by atoms with Crippen molar-refractivity contribution in [3.8, 4) is 0 Å². The van der Waals surface area contributed by atoms with Crippen molar-refractivity contribution in [2.45, 2.75) is 6.92 Å². The lowest BCUT2D eigenvalue weighted by Crippen LogP contribution is -2.24. The third-order valence-corrected chi connectivity index (χ3v) is 2.39. The van der Waals surface area contributed by atoms with Gasteiger partial charge in [-0.15, -0.1) is 10.2 Å². The summed E-state index contributed by atoms with van der Waals surface area (Å²) in [6.45, 7) is 4.78. The SMILES string of the molecule is C=C(C(=O)O)C(C)C(=O)Nc1nncs1. The van der Waals surface area contributed by atoms with Crippen molar-refractivity contribution >= 4 is 28.3 Å². The van der Waals surface area contributed by atoms with E-state index in [2.05, 4.69) is 22.1 Å². The molecule has 1 aromatic rings. The molecule has 0 aliphatic carbocycles. The van der Waals surface area contributed by atoms with Gasteiger partial charge < -0.3 is 10.4 Å². The van der Waals surface area contributed by atoms with E-state index < -0.39 is 17.8 Å². The van der Waals surface area contributed by atoms with Gasteiger partial charge in [-0.3, -0.25) is 4.79 Å². The van der Waals surface area contributed by atoms with E-state index in [9.17, 15) is 9.59 Å². The summed E-state index contributed by atoms with van der Waals surface area (Å²) in [5.41, 5.74) is 1.31. The molecule has 15 heavy (non-hydrogen) atoms. The minimum absolute atomic E-state index is 0.156. The van der Waals surface area contributed by atoms with E-state index in [0.717, 1.165) is 11.3 Å². The van der Waals surface area contributed by atoms with Crippen LogP contribution in [0.25, 0.3) is 0 Å². The third-order valence-electron chi connectivity index (χ3n) is 1.78. The number of hydrogen-bond donors (Lipinski definition) is 2. The number of rotatable bonds is 4. The number of aliphatic carboxylic acids is 1. The van der Waals surface area contributed by atoms with Gasteiger partial charge in [-0.25, -0.2) is 4.79 Å². The first-order valence-corrected chi connectivity index (χ1v) is 4.89. The Morgan fingerprint density at radius 3 is 2.80 bits per heavy atom. The summed E-state index contributed by atoms with van der Waals surface area (Å²) in [4.78, 5) is 22.0. The number of amides is 1. The summed E-state index contributed by atoms with van der Waals surface area (Å²) in [5, 5.41) is 18.5. The molecule has 0 saturated heterocycles. The van der Waals surface area contributed by atoms with Crippen molar-refractivity contribution in [1.82, 2.24) is 10.2 Å². The number of anilines is 1. The van der Waals surface area contributed by atoms with Gasteiger partial charge in [0.15, 0.2) is 0 Å². The maximum atomic E-state index is 11.5. The Morgan fingerprint density at radius 1 is 1.67 bits per heavy atom. The van der Waals surface area contributed by atoms with Gasteiger partial charge in [0, 0.05) is 5.57 Å². The van der Waals surface area contributed by atoms with E-state index in [-0.39, 0.29) is 5.57 Å². The smallest absolute Gasteiger partial charge is 0.331 e. The number of aromatic nitrogens is 2. The second-order valence-electron chi connectivity index (χ2n) is 2.79. The molecule has 0 aromatic carbocycles. The molecule has 0 fully saturated rings. The van der Waals surface area contributed by atoms with Crippen molar-refractivity contribution in [2.24, 2.45) is 5.92 Å². The van der Waals surface area contributed by atoms with E-state index in [1.165, 1.54) is 12.4 Å². The largest absolute Gasteiger partial charge is 0.478 e. The van der Waals surface area contributed by atoms with E-state index in [0.29, 0.717) is 5.13 Å². The molecule has 1 aromatic heterocycles. The van der Waals surface area contributed by atoms with Crippen LogP contribution in [0.3, 0.4) is 0 Å². The summed E-state index contributed by atoms with van der Waals surface area (Å²) in [5.74, 6) is -2.44. The van der Waals surface area contributed by atoms with E-state index in [1.807, 2.05) is 0 Å². The Balaban J connectivity index is 2.62. The van der Waals surface area contributed by atoms with Crippen molar-refractivity contribution < 1.29 is 14.7 Å². The average Bonchev–Trinajstić information content (AvgIpc) is 2.67. The van der Waals surface area contributed by atoms with Gasteiger partial charge in [0.25, 0.3) is 0 Å². The maximum Gasteiger partial charge on any atom is 0.331 e. The van der Waals surface area contributed by atoms with Crippen LogP contribution in [0.2, 0.25) is 0 Å². The predicted octanol–water partition coefficient (Wildman–Crippen LogP) is 0.753. The fourth-order valence-corrected chi connectivity index (χ4v) is 1.23. The minimum Gasteiger partial charge on any atom is -0.478 e. The summed E-state index contributed by atoms with van der Waals surface area (Å²) in [6.07, 6.45) is 0. The summed E-state index contributed by atoms with van der Waals surface area (Å²) in [7, 11) is 0. The molecule has 1 heterocycles. The molecule has 1 atom stereocenters. The first-order chi connectivity index (χ1) is 7.02. The molecule has 0 spiro atoms. The van der Waals surface area contributed by atoms with Crippen molar-refractivity contribution in [2.75, 3.05) is 5.32 Å². The Kier molecular flexibility index (Phi) is 3.51. The highest BCUT2D eigenvalue weighted by Crippen LogP contribution is 2.14. The first kappa shape index (κ1) is 11.3. The zero-order chi connectivity index (χ0) is 11.4. The molecule has 0 aliphatic rings. The molecule has 1 amide bonds. The highest BCUT2D eigenvalue weighted by molar-refractivity contribution is 7.13. The second-order valence-corrected chi connectivity index (χ2v) is 3.62. The molecule has 1 rings (SSSR count). The van der Waals surface area contributed by atoms with E-state index in [1.54, 1.807) is 0 Å². The number of carbonyl (C=O) groups is 2. The zero-order valence-corrected chi connectivity index (χ0v) is 8.74. The number of carbonyl (C=O) groups excluding carboxylic acids is 1. The zero-order valence-electron chi connectivity index (χ0n) is 7.93. The number of carboxylic acids is 1. The van der Waals surface area contributed by atoms with Crippen LogP contribution in [0, 0.1) is 5.92 Å². The summed E-state index contributed by atoms with van der Waals surface area (Å²) < 4.78 is 0. The molecular weight excluding hydrogens is 218 g/mol. The fourth-order valence-electron chi connectivity index (χ4n) is 0.785. The molecule has 1 unspecified atom stereocenters. The monoisotopic (exact) mass is 227 g/mol. The van der Waals surface area contributed by atoms with Gasteiger partial charge in [-0.2, -0.15) is 0 Å². The normalized spacial score (nSPS) is 11.8.